The molecular weight excluding hydrogens is 230 g/mol. The molecule has 2 heterocycles. The number of nitrogens with zero attached hydrogens (tertiary/aromatic N) is 2. The second-order valence-corrected chi connectivity index (χ2v) is 4.96. The molecule has 2 aromatic heterocycles. The van der Waals surface area contributed by atoms with Crippen molar-refractivity contribution in [2.45, 2.75) is 44.9 Å². The van der Waals surface area contributed by atoms with Gasteiger partial charge in [-0.3, -0.25) is 4.79 Å². The van der Waals surface area contributed by atoms with Crippen molar-refractivity contribution in [2.75, 3.05) is 0 Å². The molecule has 0 radical (unpaired) electrons. The molecule has 5 nitrogen and oxygen atoms in total. The fourth-order valence-electron chi connectivity index (χ4n) is 2.91. The number of fused-ring (bicyclic) bond motifs is 1. The van der Waals surface area contributed by atoms with Crippen LogP contribution in [0.25, 0.3) is 5.65 Å². The molecule has 2 aromatic rings. The van der Waals surface area contributed by atoms with E-state index in [2.05, 4.69) is 10.1 Å². The zero-order chi connectivity index (χ0) is 12.7. The van der Waals surface area contributed by atoms with Crippen LogP contribution in [0.1, 0.15) is 49.7 Å². The Balaban J connectivity index is 2.24. The van der Waals surface area contributed by atoms with E-state index < -0.39 is 0 Å². The highest BCUT2D eigenvalue weighted by atomic mass is 16.3. The average Bonchev–Trinajstić information content (AvgIpc) is 2.97. The van der Waals surface area contributed by atoms with Gasteiger partial charge in [0, 0.05) is 5.56 Å². The third-order valence-corrected chi connectivity index (χ3v) is 3.91. The van der Waals surface area contributed by atoms with Crippen LogP contribution in [0.4, 0.5) is 0 Å². The third kappa shape index (κ3) is 1.54. The van der Waals surface area contributed by atoms with Crippen molar-refractivity contribution in [1.82, 2.24) is 14.6 Å². The van der Waals surface area contributed by atoms with Gasteiger partial charge in [-0.25, -0.2) is 0 Å². The lowest BCUT2D eigenvalue weighted by Crippen LogP contribution is -2.18. The van der Waals surface area contributed by atoms with Crippen molar-refractivity contribution >= 4 is 5.65 Å². The summed E-state index contributed by atoms with van der Waals surface area (Å²) in [4.78, 5) is 15.0. The molecule has 2 N–H and O–H groups in total. The summed E-state index contributed by atoms with van der Waals surface area (Å²) in [6, 6.07) is 0. The van der Waals surface area contributed by atoms with E-state index in [-0.39, 0.29) is 17.4 Å². The molecule has 1 saturated carbocycles. The van der Waals surface area contributed by atoms with Gasteiger partial charge in [-0.15, -0.1) is 0 Å². The summed E-state index contributed by atoms with van der Waals surface area (Å²) in [6.07, 6.45) is 6.68. The standard InChI is InChI=1S/C13H17N3O2/c1-2-8-7-14-16-11(8)15-12(17)10(13(16)18)9-5-3-4-6-9/h7,9,18H,2-6H2,1H3,(H,15,17). The van der Waals surface area contributed by atoms with Crippen LogP contribution in [-0.2, 0) is 6.42 Å². The summed E-state index contributed by atoms with van der Waals surface area (Å²) in [5, 5.41) is 14.4. The number of rotatable bonds is 2. The van der Waals surface area contributed by atoms with Crippen molar-refractivity contribution in [3.8, 4) is 5.88 Å². The molecule has 96 valence electrons. The van der Waals surface area contributed by atoms with Crippen molar-refractivity contribution in [2.24, 2.45) is 0 Å². The second kappa shape index (κ2) is 4.15. The number of hydrogen-bond donors (Lipinski definition) is 2. The van der Waals surface area contributed by atoms with E-state index >= 15 is 0 Å². The van der Waals surface area contributed by atoms with Crippen LogP contribution >= 0.6 is 0 Å². The summed E-state index contributed by atoms with van der Waals surface area (Å²) in [5.74, 6) is 0.188. The van der Waals surface area contributed by atoms with Crippen LogP contribution in [0.3, 0.4) is 0 Å². The van der Waals surface area contributed by atoms with Gasteiger partial charge in [0.05, 0.1) is 11.8 Å². The zero-order valence-corrected chi connectivity index (χ0v) is 10.4. The fourth-order valence-corrected chi connectivity index (χ4v) is 2.91. The number of H-pyrrole nitrogens is 1. The predicted molar refractivity (Wildman–Crippen MR) is 68.1 cm³/mol. The van der Waals surface area contributed by atoms with Gasteiger partial charge in [0.25, 0.3) is 5.56 Å². The van der Waals surface area contributed by atoms with Gasteiger partial charge in [0.15, 0.2) is 0 Å². The molecule has 3 rings (SSSR count). The lowest BCUT2D eigenvalue weighted by molar-refractivity contribution is 0.419. The van der Waals surface area contributed by atoms with Gasteiger partial charge >= 0.3 is 0 Å². The Kier molecular flexibility index (Phi) is 2.61. The van der Waals surface area contributed by atoms with E-state index in [1.54, 1.807) is 6.20 Å². The normalized spacial score (nSPS) is 16.7. The smallest absolute Gasteiger partial charge is 0.258 e. The minimum absolute atomic E-state index is 0.0142. The van der Waals surface area contributed by atoms with Crippen LogP contribution in [0.2, 0.25) is 0 Å². The SMILES string of the molecule is CCc1cnn2c(O)c(C3CCCC3)c(=O)[nH]c12. The van der Waals surface area contributed by atoms with Crippen molar-refractivity contribution < 1.29 is 5.11 Å². The van der Waals surface area contributed by atoms with Crippen LogP contribution in [-0.4, -0.2) is 19.7 Å². The van der Waals surface area contributed by atoms with E-state index in [0.29, 0.717) is 11.2 Å². The molecule has 1 aliphatic rings. The maximum atomic E-state index is 12.2. The van der Waals surface area contributed by atoms with E-state index in [4.69, 9.17) is 0 Å². The molecule has 0 amide bonds. The monoisotopic (exact) mass is 247 g/mol. The van der Waals surface area contributed by atoms with Crippen molar-refractivity contribution in [3.63, 3.8) is 0 Å². The first-order valence-electron chi connectivity index (χ1n) is 6.54. The minimum Gasteiger partial charge on any atom is -0.493 e. The lowest BCUT2D eigenvalue weighted by atomic mass is 10.00. The Morgan fingerprint density at radius 2 is 2.22 bits per heavy atom. The maximum absolute atomic E-state index is 12.2. The van der Waals surface area contributed by atoms with Gasteiger partial charge < -0.3 is 10.1 Å². The second-order valence-electron chi connectivity index (χ2n) is 4.96. The molecule has 1 aliphatic carbocycles. The molecule has 0 bridgehead atoms. The first-order chi connectivity index (χ1) is 8.72. The molecular formula is C13H17N3O2. The summed E-state index contributed by atoms with van der Waals surface area (Å²) in [6.45, 7) is 2.00. The van der Waals surface area contributed by atoms with E-state index in [1.807, 2.05) is 6.92 Å². The topological polar surface area (TPSA) is 70.4 Å². The molecule has 0 spiro atoms. The largest absolute Gasteiger partial charge is 0.493 e. The van der Waals surface area contributed by atoms with E-state index in [9.17, 15) is 9.90 Å². The predicted octanol–water partition coefficient (Wildman–Crippen LogP) is 1.95. The molecule has 0 aromatic carbocycles. The molecule has 0 atom stereocenters. The highest BCUT2D eigenvalue weighted by molar-refractivity contribution is 5.50. The summed E-state index contributed by atoms with van der Waals surface area (Å²) in [7, 11) is 0. The maximum Gasteiger partial charge on any atom is 0.258 e. The third-order valence-electron chi connectivity index (χ3n) is 3.91. The lowest BCUT2D eigenvalue weighted by Gasteiger charge is -2.11. The first kappa shape index (κ1) is 11.3. The Morgan fingerprint density at radius 1 is 1.50 bits per heavy atom. The number of aromatic hydroxyl groups is 1. The van der Waals surface area contributed by atoms with Crippen molar-refractivity contribution in [1.29, 1.82) is 0 Å². The molecule has 1 fully saturated rings. The van der Waals surface area contributed by atoms with Crippen LogP contribution < -0.4 is 5.56 Å². The van der Waals surface area contributed by atoms with Gasteiger partial charge in [-0.1, -0.05) is 19.8 Å². The number of nitrogens with one attached hydrogen (secondary N) is 1. The van der Waals surface area contributed by atoms with Gasteiger partial charge in [0.1, 0.15) is 5.65 Å². The molecule has 0 saturated heterocycles. The highest BCUT2D eigenvalue weighted by Gasteiger charge is 2.25. The number of aryl methyl sites for hydroxylation is 1. The van der Waals surface area contributed by atoms with Gasteiger partial charge in [0.2, 0.25) is 5.88 Å². The Labute approximate surface area is 104 Å². The number of hydrogen-bond acceptors (Lipinski definition) is 3. The van der Waals surface area contributed by atoms with E-state index in [0.717, 1.165) is 37.7 Å². The molecule has 0 aliphatic heterocycles. The summed E-state index contributed by atoms with van der Waals surface area (Å²) in [5.41, 5.74) is 1.90. The zero-order valence-electron chi connectivity index (χ0n) is 10.4. The highest BCUT2D eigenvalue weighted by Crippen LogP contribution is 2.36. The quantitative estimate of drug-likeness (QED) is 0.852. The Morgan fingerprint density at radius 3 is 2.89 bits per heavy atom. The van der Waals surface area contributed by atoms with Crippen LogP contribution in [0.15, 0.2) is 11.0 Å². The molecule has 18 heavy (non-hydrogen) atoms. The molecule has 5 heteroatoms. The fraction of sp³-hybridized carbons (Fsp3) is 0.538. The Hall–Kier alpha value is -1.78. The van der Waals surface area contributed by atoms with Crippen molar-refractivity contribution in [3.05, 3.63) is 27.7 Å². The Bertz CT molecular complexity index is 635. The van der Waals surface area contributed by atoms with Gasteiger partial charge in [-0.2, -0.15) is 9.61 Å². The summed E-state index contributed by atoms with van der Waals surface area (Å²) < 4.78 is 1.45. The van der Waals surface area contributed by atoms with Gasteiger partial charge in [-0.05, 0) is 25.2 Å². The van der Waals surface area contributed by atoms with E-state index in [1.165, 1.54) is 4.52 Å². The van der Waals surface area contributed by atoms with Crippen LogP contribution in [0.5, 0.6) is 5.88 Å². The summed E-state index contributed by atoms with van der Waals surface area (Å²) >= 11 is 0. The molecule has 0 unspecified atom stereocenters. The average molecular weight is 247 g/mol. The van der Waals surface area contributed by atoms with Crippen LogP contribution in [0, 0.1) is 0 Å². The first-order valence-corrected chi connectivity index (χ1v) is 6.54. The number of aromatic amines is 1. The minimum atomic E-state index is -0.165. The number of aromatic nitrogens is 3.